The van der Waals surface area contributed by atoms with Crippen LogP contribution in [0.25, 0.3) is 0 Å². The fourth-order valence-electron chi connectivity index (χ4n) is 2.60. The van der Waals surface area contributed by atoms with Gasteiger partial charge in [-0.1, -0.05) is 30.3 Å². The molecule has 0 bridgehead atoms. The molecule has 2 aromatic carbocycles. The van der Waals surface area contributed by atoms with Gasteiger partial charge < -0.3 is 19.5 Å². The van der Waals surface area contributed by atoms with Gasteiger partial charge in [-0.2, -0.15) is 0 Å². The number of methoxy groups -OCH3 is 2. The third-order valence-electron chi connectivity index (χ3n) is 4.08. The van der Waals surface area contributed by atoms with Crippen LogP contribution in [-0.4, -0.2) is 38.7 Å². The Balaban J connectivity index is 1.81. The maximum absolute atomic E-state index is 12.3. The zero-order valence-electron chi connectivity index (χ0n) is 15.9. The van der Waals surface area contributed by atoms with Crippen LogP contribution in [0.1, 0.15) is 29.3 Å². The quantitative estimate of drug-likeness (QED) is 0.686. The van der Waals surface area contributed by atoms with Crippen molar-refractivity contribution in [3.05, 3.63) is 59.7 Å². The first-order valence-corrected chi connectivity index (χ1v) is 8.76. The molecule has 2 aromatic rings. The van der Waals surface area contributed by atoms with Crippen molar-refractivity contribution in [1.82, 2.24) is 5.32 Å². The summed E-state index contributed by atoms with van der Waals surface area (Å²) in [6.07, 6.45) is 1.66. The lowest BCUT2D eigenvalue weighted by molar-refractivity contribution is -0.124. The highest BCUT2D eigenvalue weighted by atomic mass is 16.5. The van der Waals surface area contributed by atoms with Gasteiger partial charge in [0, 0.05) is 6.04 Å². The zero-order chi connectivity index (χ0) is 19.6. The Morgan fingerprint density at radius 2 is 1.78 bits per heavy atom. The molecule has 0 aliphatic rings. The first-order valence-electron chi connectivity index (χ1n) is 8.76. The summed E-state index contributed by atoms with van der Waals surface area (Å²) in [7, 11) is 2.96. The van der Waals surface area contributed by atoms with E-state index in [2.05, 4.69) is 17.4 Å². The zero-order valence-corrected chi connectivity index (χ0v) is 15.9. The van der Waals surface area contributed by atoms with E-state index in [1.165, 1.54) is 25.8 Å². The summed E-state index contributed by atoms with van der Waals surface area (Å²) in [5, 5.41) is 2.84. The Kier molecular flexibility index (Phi) is 7.67. The standard InChI is InChI=1S/C21H25NO5/c1-15(9-10-16-7-5-4-6-8-16)22-20(23)14-27-21(24)18-13-17(25-2)11-12-19(18)26-3/h4-8,11-13,15H,9-10,14H2,1-3H3,(H,22,23)/t15-/m1/s1. The molecule has 0 aliphatic heterocycles. The van der Waals surface area contributed by atoms with Crippen LogP contribution < -0.4 is 14.8 Å². The van der Waals surface area contributed by atoms with Gasteiger partial charge in [0.25, 0.3) is 5.91 Å². The van der Waals surface area contributed by atoms with Crippen LogP contribution in [0.15, 0.2) is 48.5 Å². The van der Waals surface area contributed by atoms with Crippen LogP contribution in [0, 0.1) is 0 Å². The second-order valence-electron chi connectivity index (χ2n) is 6.14. The van der Waals surface area contributed by atoms with Crippen LogP contribution in [-0.2, 0) is 16.0 Å². The van der Waals surface area contributed by atoms with Gasteiger partial charge in [0.15, 0.2) is 6.61 Å². The monoisotopic (exact) mass is 371 g/mol. The van der Waals surface area contributed by atoms with E-state index in [-0.39, 0.29) is 24.1 Å². The molecule has 6 nitrogen and oxygen atoms in total. The maximum Gasteiger partial charge on any atom is 0.342 e. The van der Waals surface area contributed by atoms with E-state index in [1.807, 2.05) is 25.1 Å². The number of benzene rings is 2. The summed E-state index contributed by atoms with van der Waals surface area (Å²) in [6.45, 7) is 1.57. The van der Waals surface area contributed by atoms with Gasteiger partial charge in [-0.05, 0) is 43.5 Å². The van der Waals surface area contributed by atoms with Gasteiger partial charge in [0.1, 0.15) is 17.1 Å². The van der Waals surface area contributed by atoms with Crippen LogP contribution in [0.4, 0.5) is 0 Å². The Bertz CT molecular complexity index is 760. The lowest BCUT2D eigenvalue weighted by atomic mass is 10.1. The molecule has 1 atom stereocenters. The average molecular weight is 371 g/mol. The minimum absolute atomic E-state index is 0.0252. The number of amides is 1. The average Bonchev–Trinajstić information content (AvgIpc) is 2.70. The highest BCUT2D eigenvalue weighted by Crippen LogP contribution is 2.24. The summed E-state index contributed by atoms with van der Waals surface area (Å²) in [5.41, 5.74) is 1.43. The van der Waals surface area contributed by atoms with Crippen molar-refractivity contribution >= 4 is 11.9 Å². The Labute approximate surface area is 159 Å². The third kappa shape index (κ3) is 6.33. The number of carbonyl (C=O) groups excluding carboxylic acids is 2. The highest BCUT2D eigenvalue weighted by Gasteiger charge is 2.17. The molecular weight excluding hydrogens is 346 g/mol. The molecule has 27 heavy (non-hydrogen) atoms. The van der Waals surface area contributed by atoms with Crippen LogP contribution in [0.3, 0.4) is 0 Å². The molecular formula is C21H25NO5. The largest absolute Gasteiger partial charge is 0.497 e. The van der Waals surface area contributed by atoms with E-state index in [9.17, 15) is 9.59 Å². The molecule has 0 radical (unpaired) electrons. The summed E-state index contributed by atoms with van der Waals surface area (Å²) in [6, 6.07) is 14.8. The number of esters is 1. The number of hydrogen-bond donors (Lipinski definition) is 1. The molecule has 0 fully saturated rings. The number of aryl methyl sites for hydroxylation is 1. The molecule has 0 saturated heterocycles. The molecule has 6 heteroatoms. The van der Waals surface area contributed by atoms with Crippen molar-refractivity contribution in [2.45, 2.75) is 25.8 Å². The summed E-state index contributed by atoms with van der Waals surface area (Å²) in [4.78, 5) is 24.3. The van der Waals surface area contributed by atoms with Gasteiger partial charge >= 0.3 is 5.97 Å². The Hall–Kier alpha value is -3.02. The van der Waals surface area contributed by atoms with Crippen molar-refractivity contribution in [3.8, 4) is 11.5 Å². The third-order valence-corrected chi connectivity index (χ3v) is 4.08. The lowest BCUT2D eigenvalue weighted by Crippen LogP contribution is -2.36. The number of hydrogen-bond acceptors (Lipinski definition) is 5. The summed E-state index contributed by atoms with van der Waals surface area (Å²) < 4.78 is 15.4. The SMILES string of the molecule is COc1ccc(OC)c(C(=O)OCC(=O)N[C@H](C)CCc2ccccc2)c1. The number of ether oxygens (including phenoxy) is 3. The predicted molar refractivity (Wildman–Crippen MR) is 102 cm³/mol. The molecule has 0 heterocycles. The summed E-state index contributed by atoms with van der Waals surface area (Å²) in [5.74, 6) is -0.122. The van der Waals surface area contributed by atoms with Crippen molar-refractivity contribution in [2.75, 3.05) is 20.8 Å². The van der Waals surface area contributed by atoms with Crippen molar-refractivity contribution in [1.29, 1.82) is 0 Å². The van der Waals surface area contributed by atoms with Crippen LogP contribution in [0.5, 0.6) is 11.5 Å². The van der Waals surface area contributed by atoms with E-state index in [4.69, 9.17) is 14.2 Å². The Morgan fingerprint density at radius 3 is 2.44 bits per heavy atom. The van der Waals surface area contributed by atoms with Crippen molar-refractivity contribution in [3.63, 3.8) is 0 Å². The molecule has 0 spiro atoms. The smallest absolute Gasteiger partial charge is 0.342 e. The predicted octanol–water partition coefficient (Wildman–Crippen LogP) is 3.00. The van der Waals surface area contributed by atoms with E-state index in [0.717, 1.165) is 12.8 Å². The Morgan fingerprint density at radius 1 is 1.04 bits per heavy atom. The number of rotatable bonds is 9. The molecule has 144 valence electrons. The topological polar surface area (TPSA) is 73.9 Å². The molecule has 0 saturated carbocycles. The second-order valence-corrected chi connectivity index (χ2v) is 6.14. The minimum atomic E-state index is -0.641. The van der Waals surface area contributed by atoms with E-state index in [0.29, 0.717) is 11.5 Å². The molecule has 2 rings (SSSR count). The van der Waals surface area contributed by atoms with Crippen molar-refractivity contribution < 1.29 is 23.8 Å². The number of carbonyl (C=O) groups is 2. The lowest BCUT2D eigenvalue weighted by Gasteiger charge is -2.14. The normalized spacial score (nSPS) is 11.4. The van der Waals surface area contributed by atoms with Gasteiger partial charge in [-0.3, -0.25) is 4.79 Å². The van der Waals surface area contributed by atoms with Gasteiger partial charge in [-0.15, -0.1) is 0 Å². The van der Waals surface area contributed by atoms with Gasteiger partial charge in [-0.25, -0.2) is 4.79 Å². The van der Waals surface area contributed by atoms with Crippen LogP contribution >= 0.6 is 0 Å². The van der Waals surface area contributed by atoms with E-state index >= 15 is 0 Å². The van der Waals surface area contributed by atoms with E-state index < -0.39 is 5.97 Å². The molecule has 0 aromatic heterocycles. The molecule has 0 aliphatic carbocycles. The first kappa shape index (κ1) is 20.3. The van der Waals surface area contributed by atoms with Gasteiger partial charge in [0.05, 0.1) is 14.2 Å². The molecule has 0 unspecified atom stereocenters. The minimum Gasteiger partial charge on any atom is -0.497 e. The van der Waals surface area contributed by atoms with Crippen molar-refractivity contribution in [2.24, 2.45) is 0 Å². The highest BCUT2D eigenvalue weighted by molar-refractivity contribution is 5.94. The fraction of sp³-hybridized carbons (Fsp3) is 0.333. The van der Waals surface area contributed by atoms with Gasteiger partial charge in [0.2, 0.25) is 0 Å². The first-order chi connectivity index (χ1) is 13.0. The summed E-state index contributed by atoms with van der Waals surface area (Å²) >= 11 is 0. The van der Waals surface area contributed by atoms with Crippen LogP contribution in [0.2, 0.25) is 0 Å². The fourth-order valence-corrected chi connectivity index (χ4v) is 2.60. The maximum atomic E-state index is 12.3. The van der Waals surface area contributed by atoms with E-state index in [1.54, 1.807) is 12.1 Å². The number of nitrogens with one attached hydrogen (secondary N) is 1. The molecule has 1 N–H and O–H groups in total. The molecule has 1 amide bonds. The second kappa shape index (κ2) is 10.2.